The highest BCUT2D eigenvalue weighted by Gasteiger charge is 2.34. The first-order valence-corrected chi connectivity index (χ1v) is 11.3. The molecule has 1 N–H and O–H groups in total. The van der Waals surface area contributed by atoms with Gasteiger partial charge in [0.2, 0.25) is 0 Å². The third kappa shape index (κ3) is 4.35. The van der Waals surface area contributed by atoms with Gasteiger partial charge in [0.05, 0.1) is 6.04 Å². The molecule has 2 fully saturated rings. The van der Waals surface area contributed by atoms with E-state index in [4.69, 9.17) is 0 Å². The van der Waals surface area contributed by atoms with Gasteiger partial charge in [-0.1, -0.05) is 61.4 Å². The molecule has 0 unspecified atom stereocenters. The molecule has 0 spiro atoms. The number of urea groups is 1. The van der Waals surface area contributed by atoms with Gasteiger partial charge in [0.1, 0.15) is 0 Å². The topological polar surface area (TPSA) is 63.1 Å². The average Bonchev–Trinajstić information content (AvgIpc) is 3.34. The quantitative estimate of drug-likeness (QED) is 0.762. The lowest BCUT2D eigenvalue weighted by Crippen LogP contribution is -2.45. The summed E-state index contributed by atoms with van der Waals surface area (Å²) < 4.78 is 2.06. The predicted molar refractivity (Wildman–Crippen MR) is 111 cm³/mol. The van der Waals surface area contributed by atoms with Gasteiger partial charge in [0, 0.05) is 25.4 Å². The normalized spacial score (nSPS) is 20.5. The highest BCUT2D eigenvalue weighted by Crippen LogP contribution is 2.33. The van der Waals surface area contributed by atoms with Crippen molar-refractivity contribution in [3.05, 3.63) is 41.7 Å². The Labute approximate surface area is 171 Å². The van der Waals surface area contributed by atoms with Gasteiger partial charge < -0.3 is 14.8 Å². The maximum absolute atomic E-state index is 12.9. The Morgan fingerprint density at radius 2 is 1.89 bits per heavy atom. The van der Waals surface area contributed by atoms with Crippen LogP contribution in [0.25, 0.3) is 0 Å². The Bertz CT molecular complexity index is 787. The van der Waals surface area contributed by atoms with Gasteiger partial charge in [-0.3, -0.25) is 0 Å². The Morgan fingerprint density at radius 3 is 2.68 bits per heavy atom. The van der Waals surface area contributed by atoms with Crippen LogP contribution in [0, 0.1) is 0 Å². The molecule has 7 heteroatoms. The van der Waals surface area contributed by atoms with Crippen molar-refractivity contribution in [3.8, 4) is 0 Å². The van der Waals surface area contributed by atoms with Crippen molar-refractivity contribution in [1.29, 1.82) is 0 Å². The molecule has 1 aliphatic carbocycles. The summed E-state index contributed by atoms with van der Waals surface area (Å²) in [6.07, 6.45) is 7.92. The lowest BCUT2D eigenvalue weighted by Gasteiger charge is -2.29. The van der Waals surface area contributed by atoms with Crippen LogP contribution in [0.4, 0.5) is 4.79 Å². The second-order valence-electron chi connectivity index (χ2n) is 7.81. The minimum absolute atomic E-state index is 0.0205. The molecule has 2 heterocycles. The fraction of sp³-hybridized carbons (Fsp3) is 0.571. The van der Waals surface area contributed by atoms with E-state index in [0.717, 1.165) is 49.0 Å². The van der Waals surface area contributed by atoms with Gasteiger partial charge in [-0.15, -0.1) is 10.2 Å². The van der Waals surface area contributed by atoms with Crippen molar-refractivity contribution >= 4 is 17.8 Å². The molecule has 4 rings (SSSR count). The van der Waals surface area contributed by atoms with E-state index in [-0.39, 0.29) is 12.1 Å². The van der Waals surface area contributed by atoms with Crippen molar-refractivity contribution in [3.63, 3.8) is 0 Å². The lowest BCUT2D eigenvalue weighted by atomic mass is 9.96. The van der Waals surface area contributed by atoms with Gasteiger partial charge in [-0.2, -0.15) is 0 Å². The second-order valence-corrected chi connectivity index (χ2v) is 8.75. The summed E-state index contributed by atoms with van der Waals surface area (Å²) in [4.78, 5) is 14.8. The van der Waals surface area contributed by atoms with Crippen LogP contribution in [0.3, 0.4) is 0 Å². The van der Waals surface area contributed by atoms with Gasteiger partial charge in [-0.05, 0) is 31.2 Å². The van der Waals surface area contributed by atoms with E-state index in [1.165, 1.54) is 24.8 Å². The molecule has 1 aliphatic heterocycles. The zero-order chi connectivity index (χ0) is 19.3. The first-order valence-electron chi connectivity index (χ1n) is 10.4. The van der Waals surface area contributed by atoms with E-state index in [1.807, 2.05) is 18.0 Å². The Balaban J connectivity index is 1.41. The van der Waals surface area contributed by atoms with Crippen molar-refractivity contribution in [2.75, 3.05) is 6.54 Å². The lowest BCUT2D eigenvalue weighted by molar-refractivity contribution is 0.182. The minimum atomic E-state index is 0.0205. The highest BCUT2D eigenvalue weighted by molar-refractivity contribution is 7.98. The Kier molecular flexibility index (Phi) is 6.20. The minimum Gasteiger partial charge on any atom is -0.335 e. The number of benzene rings is 1. The van der Waals surface area contributed by atoms with E-state index in [0.29, 0.717) is 6.04 Å². The van der Waals surface area contributed by atoms with Gasteiger partial charge in [0.25, 0.3) is 0 Å². The van der Waals surface area contributed by atoms with Gasteiger partial charge >= 0.3 is 6.03 Å². The van der Waals surface area contributed by atoms with Gasteiger partial charge in [0.15, 0.2) is 11.0 Å². The average molecular weight is 400 g/mol. The summed E-state index contributed by atoms with van der Waals surface area (Å²) >= 11 is 1.69. The van der Waals surface area contributed by atoms with Crippen molar-refractivity contribution in [2.45, 2.75) is 67.9 Å². The fourth-order valence-corrected chi connectivity index (χ4v) is 5.12. The first-order chi connectivity index (χ1) is 13.7. The van der Waals surface area contributed by atoms with Crippen LogP contribution in [-0.4, -0.2) is 38.3 Å². The predicted octanol–water partition coefficient (Wildman–Crippen LogP) is 4.29. The largest absolute Gasteiger partial charge is 0.335 e. The third-order valence-electron chi connectivity index (χ3n) is 5.82. The van der Waals surface area contributed by atoms with Crippen LogP contribution in [0.5, 0.6) is 0 Å². The van der Waals surface area contributed by atoms with E-state index < -0.39 is 0 Å². The van der Waals surface area contributed by atoms with E-state index in [2.05, 4.69) is 44.3 Å². The molecular weight excluding hydrogens is 370 g/mol. The smallest absolute Gasteiger partial charge is 0.318 e. The molecule has 2 aromatic rings. The molecule has 0 radical (unpaired) electrons. The molecule has 1 aromatic carbocycles. The Morgan fingerprint density at radius 1 is 1.11 bits per heavy atom. The van der Waals surface area contributed by atoms with Crippen LogP contribution in [-0.2, 0) is 12.8 Å². The molecule has 2 aliphatic rings. The maximum atomic E-state index is 12.9. The van der Waals surface area contributed by atoms with Crippen LogP contribution in [0.2, 0.25) is 0 Å². The monoisotopic (exact) mass is 399 g/mol. The number of likely N-dealkylation sites (tertiary alicyclic amines) is 1. The number of thioether (sulfide) groups is 1. The second kappa shape index (κ2) is 8.99. The summed E-state index contributed by atoms with van der Waals surface area (Å²) in [5, 5.41) is 13.0. The molecule has 1 saturated carbocycles. The number of rotatable bonds is 5. The summed E-state index contributed by atoms with van der Waals surface area (Å²) in [6, 6.07) is 10.8. The molecule has 2 amide bonds. The molecule has 1 aromatic heterocycles. The van der Waals surface area contributed by atoms with Crippen LogP contribution in [0.1, 0.15) is 62.4 Å². The summed E-state index contributed by atoms with van der Waals surface area (Å²) in [6.45, 7) is 0.794. The van der Waals surface area contributed by atoms with Crippen molar-refractivity contribution in [2.24, 2.45) is 7.05 Å². The number of carbonyl (C=O) groups is 1. The number of carbonyl (C=O) groups excluding carboxylic acids is 1. The number of aromatic nitrogens is 3. The molecule has 0 bridgehead atoms. The third-order valence-corrected chi connectivity index (χ3v) is 6.92. The number of hydrogen-bond donors (Lipinski definition) is 1. The Hall–Kier alpha value is -2.02. The standard InChI is InChI=1S/C21H29N5OS/c1-25-19(23-24-21(25)28-15-16-9-4-2-5-10-16)18-13-8-14-26(18)20(27)22-17-11-6-3-7-12-17/h2,4-5,9-10,17-18H,3,6-8,11-15H2,1H3,(H,22,27)/t18-/m1/s1. The number of hydrogen-bond acceptors (Lipinski definition) is 4. The molecule has 1 atom stereocenters. The van der Waals surface area contributed by atoms with Crippen LogP contribution in [0.15, 0.2) is 35.5 Å². The van der Waals surface area contributed by atoms with E-state index in [9.17, 15) is 4.79 Å². The summed E-state index contributed by atoms with van der Waals surface area (Å²) in [5.74, 6) is 1.76. The number of amides is 2. The zero-order valence-electron chi connectivity index (χ0n) is 16.5. The summed E-state index contributed by atoms with van der Waals surface area (Å²) in [7, 11) is 2.01. The number of nitrogens with one attached hydrogen (secondary N) is 1. The van der Waals surface area contributed by atoms with Crippen molar-refractivity contribution < 1.29 is 4.79 Å². The van der Waals surface area contributed by atoms with Crippen LogP contribution < -0.4 is 5.32 Å². The van der Waals surface area contributed by atoms with Crippen molar-refractivity contribution in [1.82, 2.24) is 25.0 Å². The zero-order valence-corrected chi connectivity index (χ0v) is 17.3. The van der Waals surface area contributed by atoms with Gasteiger partial charge in [-0.25, -0.2) is 4.79 Å². The molecule has 1 saturated heterocycles. The maximum Gasteiger partial charge on any atom is 0.318 e. The molecule has 6 nitrogen and oxygen atoms in total. The highest BCUT2D eigenvalue weighted by atomic mass is 32.2. The molecule has 150 valence electrons. The van der Waals surface area contributed by atoms with E-state index in [1.54, 1.807) is 11.8 Å². The van der Waals surface area contributed by atoms with Crippen LogP contribution >= 0.6 is 11.8 Å². The molecule has 28 heavy (non-hydrogen) atoms. The fourth-order valence-electron chi connectivity index (χ4n) is 4.25. The number of nitrogens with zero attached hydrogens (tertiary/aromatic N) is 4. The summed E-state index contributed by atoms with van der Waals surface area (Å²) in [5.41, 5.74) is 1.27. The van der Waals surface area contributed by atoms with E-state index >= 15 is 0 Å². The molecular formula is C21H29N5OS. The SMILES string of the molecule is Cn1c(SCc2ccccc2)nnc1[C@H]1CCCN1C(=O)NC1CCCCC1. The first kappa shape index (κ1) is 19.3.